The van der Waals surface area contributed by atoms with Crippen molar-refractivity contribution in [1.29, 1.82) is 0 Å². The molecule has 1 aromatic heterocycles. The zero-order chi connectivity index (χ0) is 11.4. The molecule has 0 amide bonds. The molecule has 82 valence electrons. The lowest BCUT2D eigenvalue weighted by molar-refractivity contribution is 0.102. The minimum absolute atomic E-state index is 0.0916. The number of hydrogen-bond donors (Lipinski definition) is 1. The van der Waals surface area contributed by atoms with Gasteiger partial charge >= 0.3 is 0 Å². The van der Waals surface area contributed by atoms with Crippen molar-refractivity contribution in [1.82, 2.24) is 9.97 Å². The van der Waals surface area contributed by atoms with Crippen molar-refractivity contribution in [3.63, 3.8) is 0 Å². The molecule has 0 atom stereocenters. The molecule has 0 aliphatic rings. The second kappa shape index (κ2) is 5.32. The first-order chi connectivity index (χ1) is 7.77. The molecular formula is C11H9BrN2OS. The lowest BCUT2D eigenvalue weighted by Crippen LogP contribution is -2.03. The standard InChI is InChI=1S/C11H9BrN2OS/c12-9-4-2-1-3-8(9)10(15)7-16-11-13-5-6-14-11/h1-6H,7H2,(H,13,14). The van der Waals surface area contributed by atoms with Crippen LogP contribution in [0.1, 0.15) is 10.4 Å². The lowest BCUT2D eigenvalue weighted by atomic mass is 10.1. The maximum absolute atomic E-state index is 11.9. The number of carbonyl (C=O) groups is 1. The number of nitrogens with zero attached hydrogens (tertiary/aromatic N) is 1. The van der Waals surface area contributed by atoms with Crippen LogP contribution in [0.5, 0.6) is 0 Å². The van der Waals surface area contributed by atoms with E-state index in [1.165, 1.54) is 11.8 Å². The fourth-order valence-corrected chi connectivity index (χ4v) is 2.44. The Kier molecular flexibility index (Phi) is 3.79. The lowest BCUT2D eigenvalue weighted by Gasteiger charge is -2.01. The van der Waals surface area contributed by atoms with Crippen molar-refractivity contribution < 1.29 is 4.79 Å². The van der Waals surface area contributed by atoms with Crippen LogP contribution in [0, 0.1) is 0 Å². The maximum Gasteiger partial charge on any atom is 0.174 e. The molecule has 0 saturated heterocycles. The van der Waals surface area contributed by atoms with Crippen LogP contribution in [0.25, 0.3) is 0 Å². The molecule has 0 unspecified atom stereocenters. The molecule has 0 bridgehead atoms. The minimum atomic E-state index is 0.0916. The van der Waals surface area contributed by atoms with Gasteiger partial charge in [0.15, 0.2) is 10.9 Å². The van der Waals surface area contributed by atoms with Crippen LogP contribution in [-0.4, -0.2) is 21.5 Å². The summed E-state index contributed by atoms with van der Waals surface area (Å²) < 4.78 is 0.833. The Morgan fingerprint density at radius 3 is 2.94 bits per heavy atom. The number of hydrogen-bond acceptors (Lipinski definition) is 3. The zero-order valence-electron chi connectivity index (χ0n) is 8.31. The summed E-state index contributed by atoms with van der Waals surface area (Å²) in [4.78, 5) is 18.9. The third-order valence-corrected chi connectivity index (χ3v) is 3.58. The Hall–Kier alpha value is -1.07. The normalized spacial score (nSPS) is 10.3. The largest absolute Gasteiger partial charge is 0.340 e. The van der Waals surface area contributed by atoms with Crippen molar-refractivity contribution in [3.8, 4) is 0 Å². The van der Waals surface area contributed by atoms with E-state index < -0.39 is 0 Å². The zero-order valence-corrected chi connectivity index (χ0v) is 10.7. The van der Waals surface area contributed by atoms with Crippen LogP contribution in [-0.2, 0) is 0 Å². The van der Waals surface area contributed by atoms with Crippen molar-refractivity contribution in [2.45, 2.75) is 5.16 Å². The summed E-state index contributed by atoms with van der Waals surface area (Å²) in [5, 5.41) is 0.764. The number of Topliss-reactive ketones (excluding diaryl/α,β-unsaturated/α-hetero) is 1. The Morgan fingerprint density at radius 1 is 1.44 bits per heavy atom. The molecule has 0 aliphatic heterocycles. The number of rotatable bonds is 4. The van der Waals surface area contributed by atoms with Gasteiger partial charge in [-0.25, -0.2) is 4.98 Å². The third-order valence-electron chi connectivity index (χ3n) is 1.99. The van der Waals surface area contributed by atoms with Gasteiger partial charge in [0.1, 0.15) is 0 Å². The Labute approximate surface area is 106 Å². The molecule has 0 saturated carbocycles. The predicted molar refractivity (Wildman–Crippen MR) is 67.8 cm³/mol. The minimum Gasteiger partial charge on any atom is -0.340 e. The van der Waals surface area contributed by atoms with Gasteiger partial charge in [-0.05, 0) is 6.07 Å². The predicted octanol–water partition coefficient (Wildman–Crippen LogP) is 3.15. The third kappa shape index (κ3) is 2.74. The monoisotopic (exact) mass is 296 g/mol. The van der Waals surface area contributed by atoms with Crippen LogP contribution >= 0.6 is 27.7 Å². The van der Waals surface area contributed by atoms with Crippen LogP contribution in [0.4, 0.5) is 0 Å². The average molecular weight is 297 g/mol. The number of ketones is 1. The summed E-state index contributed by atoms with van der Waals surface area (Å²) >= 11 is 4.76. The summed E-state index contributed by atoms with van der Waals surface area (Å²) in [6.07, 6.45) is 3.41. The number of benzene rings is 1. The van der Waals surface area contributed by atoms with E-state index in [1.807, 2.05) is 24.3 Å². The molecule has 1 aromatic carbocycles. The maximum atomic E-state index is 11.9. The molecule has 2 aromatic rings. The SMILES string of the molecule is O=C(CSc1ncc[nH]1)c1ccccc1Br. The highest BCUT2D eigenvalue weighted by molar-refractivity contribution is 9.10. The average Bonchev–Trinajstić information content (AvgIpc) is 2.79. The molecule has 0 fully saturated rings. The van der Waals surface area contributed by atoms with Gasteiger partial charge in [-0.15, -0.1) is 0 Å². The highest BCUT2D eigenvalue weighted by Gasteiger charge is 2.10. The van der Waals surface area contributed by atoms with Gasteiger partial charge in [0.2, 0.25) is 0 Å². The van der Waals surface area contributed by atoms with Gasteiger partial charge in [-0.1, -0.05) is 45.9 Å². The number of thioether (sulfide) groups is 1. The van der Waals surface area contributed by atoms with Crippen LogP contribution in [0.3, 0.4) is 0 Å². The quantitative estimate of drug-likeness (QED) is 0.696. The first-order valence-electron chi connectivity index (χ1n) is 4.67. The van der Waals surface area contributed by atoms with Gasteiger partial charge in [0, 0.05) is 22.4 Å². The summed E-state index contributed by atoms with van der Waals surface area (Å²) in [5.41, 5.74) is 0.710. The summed E-state index contributed by atoms with van der Waals surface area (Å²) in [6.45, 7) is 0. The van der Waals surface area contributed by atoms with Crippen LogP contribution in [0.2, 0.25) is 0 Å². The molecular weight excluding hydrogens is 288 g/mol. The van der Waals surface area contributed by atoms with E-state index in [9.17, 15) is 4.79 Å². The van der Waals surface area contributed by atoms with E-state index in [-0.39, 0.29) is 5.78 Å². The van der Waals surface area contributed by atoms with E-state index in [1.54, 1.807) is 12.4 Å². The Bertz CT molecular complexity index is 484. The number of aromatic amines is 1. The molecule has 1 N–H and O–H groups in total. The van der Waals surface area contributed by atoms with E-state index in [0.29, 0.717) is 11.3 Å². The van der Waals surface area contributed by atoms with Gasteiger partial charge < -0.3 is 4.98 Å². The molecule has 0 spiro atoms. The number of H-pyrrole nitrogens is 1. The molecule has 3 nitrogen and oxygen atoms in total. The molecule has 0 aliphatic carbocycles. The van der Waals surface area contributed by atoms with E-state index in [2.05, 4.69) is 25.9 Å². The Balaban J connectivity index is 2.01. The molecule has 2 rings (SSSR count). The first-order valence-corrected chi connectivity index (χ1v) is 6.45. The number of carbonyl (C=O) groups excluding carboxylic acids is 1. The number of aromatic nitrogens is 2. The van der Waals surface area contributed by atoms with E-state index in [0.717, 1.165) is 9.63 Å². The highest BCUT2D eigenvalue weighted by Crippen LogP contribution is 2.20. The highest BCUT2D eigenvalue weighted by atomic mass is 79.9. The van der Waals surface area contributed by atoms with Crippen LogP contribution < -0.4 is 0 Å². The summed E-state index contributed by atoms with van der Waals surface area (Å²) in [6, 6.07) is 7.43. The number of imidazole rings is 1. The molecule has 0 radical (unpaired) electrons. The summed E-state index contributed by atoms with van der Waals surface area (Å²) in [5.74, 6) is 0.477. The smallest absolute Gasteiger partial charge is 0.174 e. The van der Waals surface area contributed by atoms with Gasteiger partial charge in [0.25, 0.3) is 0 Å². The van der Waals surface area contributed by atoms with Crippen molar-refractivity contribution in [2.24, 2.45) is 0 Å². The van der Waals surface area contributed by atoms with Crippen molar-refractivity contribution in [2.75, 3.05) is 5.75 Å². The van der Waals surface area contributed by atoms with Gasteiger partial charge in [-0.2, -0.15) is 0 Å². The van der Waals surface area contributed by atoms with Crippen LogP contribution in [0.15, 0.2) is 46.3 Å². The summed E-state index contributed by atoms with van der Waals surface area (Å²) in [7, 11) is 0. The van der Waals surface area contributed by atoms with Crippen molar-refractivity contribution in [3.05, 3.63) is 46.7 Å². The first kappa shape index (κ1) is 11.4. The molecule has 1 heterocycles. The second-order valence-electron chi connectivity index (χ2n) is 3.09. The Morgan fingerprint density at radius 2 is 2.25 bits per heavy atom. The van der Waals surface area contributed by atoms with E-state index in [4.69, 9.17) is 0 Å². The number of halogens is 1. The molecule has 16 heavy (non-hydrogen) atoms. The van der Waals surface area contributed by atoms with Crippen molar-refractivity contribution >= 4 is 33.5 Å². The fourth-order valence-electron chi connectivity index (χ4n) is 1.23. The topological polar surface area (TPSA) is 45.8 Å². The van der Waals surface area contributed by atoms with Gasteiger partial charge in [0.05, 0.1) is 5.75 Å². The second-order valence-corrected chi connectivity index (χ2v) is 4.90. The van der Waals surface area contributed by atoms with E-state index >= 15 is 0 Å². The fraction of sp³-hybridized carbons (Fsp3) is 0.0909. The van der Waals surface area contributed by atoms with Gasteiger partial charge in [-0.3, -0.25) is 4.79 Å². The molecule has 5 heteroatoms. The number of nitrogens with one attached hydrogen (secondary N) is 1.